The maximum Gasteiger partial charge on any atom is 0.261 e. The standard InChI is InChI=1S/C17H24N2O.C2H6O.2C2H6/c1-5-7-8-13(6-2)14-9-10-15-16(11-14)18-12(3)19(4)17(15)20;1-3-2;2*1-2/h9-11,13H,5-8H2,1-4H3;1-2H3;2*1-2H3. The molecule has 156 valence electrons. The number of nitrogens with zero attached hydrogens (tertiary/aromatic N) is 2. The molecule has 0 radical (unpaired) electrons. The van der Waals surface area contributed by atoms with Gasteiger partial charge in [-0.3, -0.25) is 9.36 Å². The van der Waals surface area contributed by atoms with Gasteiger partial charge < -0.3 is 4.74 Å². The lowest BCUT2D eigenvalue weighted by molar-refractivity contribution is 0.277. The highest BCUT2D eigenvalue weighted by Gasteiger charge is 2.12. The molecule has 0 aliphatic carbocycles. The van der Waals surface area contributed by atoms with Crippen LogP contribution in [0.5, 0.6) is 0 Å². The molecular weight excluding hydrogens is 336 g/mol. The van der Waals surface area contributed by atoms with Crippen molar-refractivity contribution in [2.45, 2.75) is 80.1 Å². The van der Waals surface area contributed by atoms with Crippen molar-refractivity contribution in [1.29, 1.82) is 0 Å². The molecule has 0 N–H and O–H groups in total. The summed E-state index contributed by atoms with van der Waals surface area (Å²) in [4.78, 5) is 16.8. The first kappa shape index (κ1) is 27.5. The summed E-state index contributed by atoms with van der Waals surface area (Å²) < 4.78 is 5.86. The highest BCUT2D eigenvalue weighted by atomic mass is 16.4. The average molecular weight is 379 g/mol. The minimum Gasteiger partial charge on any atom is -0.388 e. The number of aromatic nitrogens is 2. The van der Waals surface area contributed by atoms with E-state index in [-0.39, 0.29) is 5.56 Å². The van der Waals surface area contributed by atoms with Gasteiger partial charge in [-0.05, 0) is 43.4 Å². The number of ether oxygens (including phenoxy) is 1. The van der Waals surface area contributed by atoms with E-state index in [9.17, 15) is 4.79 Å². The Morgan fingerprint density at radius 2 is 1.67 bits per heavy atom. The van der Waals surface area contributed by atoms with Crippen LogP contribution in [0.25, 0.3) is 10.9 Å². The second kappa shape index (κ2) is 16.5. The van der Waals surface area contributed by atoms with Gasteiger partial charge in [-0.15, -0.1) is 0 Å². The van der Waals surface area contributed by atoms with Crippen LogP contribution in [0.2, 0.25) is 0 Å². The predicted octanol–water partition coefficient (Wildman–Crippen LogP) is 6.24. The van der Waals surface area contributed by atoms with Gasteiger partial charge in [-0.2, -0.15) is 0 Å². The van der Waals surface area contributed by atoms with Crippen LogP contribution >= 0.6 is 0 Å². The summed E-state index contributed by atoms with van der Waals surface area (Å²) in [7, 11) is 5.02. The molecule has 2 aromatic rings. The maximum absolute atomic E-state index is 12.2. The normalized spacial score (nSPS) is 10.6. The number of methoxy groups -OCH3 is 1. The van der Waals surface area contributed by atoms with Crippen molar-refractivity contribution in [3.05, 3.63) is 39.9 Å². The second-order valence-electron chi connectivity index (χ2n) is 5.96. The van der Waals surface area contributed by atoms with Crippen LogP contribution < -0.4 is 5.56 Å². The van der Waals surface area contributed by atoms with E-state index >= 15 is 0 Å². The van der Waals surface area contributed by atoms with Gasteiger partial charge in [-0.25, -0.2) is 4.98 Å². The number of aryl methyl sites for hydroxylation is 1. The topological polar surface area (TPSA) is 44.1 Å². The average Bonchev–Trinajstić information content (AvgIpc) is 2.70. The highest BCUT2D eigenvalue weighted by Crippen LogP contribution is 2.27. The molecule has 1 atom stereocenters. The largest absolute Gasteiger partial charge is 0.388 e. The second-order valence-corrected chi connectivity index (χ2v) is 5.96. The summed E-state index contributed by atoms with van der Waals surface area (Å²) in [6.07, 6.45) is 4.82. The molecule has 0 spiro atoms. The van der Waals surface area contributed by atoms with Crippen LogP contribution in [0.1, 0.15) is 84.5 Å². The van der Waals surface area contributed by atoms with Gasteiger partial charge >= 0.3 is 0 Å². The lowest BCUT2D eigenvalue weighted by Gasteiger charge is -2.15. The van der Waals surface area contributed by atoms with E-state index in [1.165, 1.54) is 24.8 Å². The highest BCUT2D eigenvalue weighted by molar-refractivity contribution is 5.78. The summed E-state index contributed by atoms with van der Waals surface area (Å²) in [5.41, 5.74) is 2.19. The van der Waals surface area contributed by atoms with Crippen LogP contribution in [-0.4, -0.2) is 23.8 Å². The van der Waals surface area contributed by atoms with Gasteiger partial charge in [0.1, 0.15) is 5.82 Å². The maximum atomic E-state index is 12.2. The Hall–Kier alpha value is -1.68. The molecule has 0 fully saturated rings. The quantitative estimate of drug-likeness (QED) is 0.618. The van der Waals surface area contributed by atoms with Gasteiger partial charge in [-0.1, -0.05) is 60.5 Å². The van der Waals surface area contributed by atoms with Crippen LogP contribution in [0, 0.1) is 6.92 Å². The Kier molecular flexibility index (Phi) is 16.8. The molecule has 1 unspecified atom stereocenters. The summed E-state index contributed by atoms with van der Waals surface area (Å²) in [5.74, 6) is 1.34. The zero-order valence-corrected chi connectivity index (χ0v) is 19.3. The summed E-state index contributed by atoms with van der Waals surface area (Å²) in [6.45, 7) is 14.3. The number of unbranched alkanes of at least 4 members (excludes halogenated alkanes) is 1. The fraction of sp³-hybridized carbons (Fsp3) is 0.652. The third-order valence-electron chi connectivity index (χ3n) is 4.19. The lowest BCUT2D eigenvalue weighted by atomic mass is 9.91. The van der Waals surface area contributed by atoms with Crippen LogP contribution in [0.4, 0.5) is 0 Å². The molecule has 2 rings (SSSR count). The van der Waals surface area contributed by atoms with Gasteiger partial charge in [0.15, 0.2) is 0 Å². The third-order valence-corrected chi connectivity index (χ3v) is 4.19. The van der Waals surface area contributed by atoms with E-state index in [0.29, 0.717) is 11.3 Å². The van der Waals surface area contributed by atoms with Crippen molar-refractivity contribution in [3.8, 4) is 0 Å². The Morgan fingerprint density at radius 3 is 2.15 bits per heavy atom. The molecule has 0 bridgehead atoms. The zero-order valence-electron chi connectivity index (χ0n) is 19.3. The first-order chi connectivity index (χ1) is 13.0. The van der Waals surface area contributed by atoms with Gasteiger partial charge in [0.25, 0.3) is 5.56 Å². The molecule has 0 aliphatic rings. The molecule has 4 nitrogen and oxygen atoms in total. The van der Waals surface area contributed by atoms with Crippen LogP contribution in [0.3, 0.4) is 0 Å². The predicted molar refractivity (Wildman–Crippen MR) is 120 cm³/mol. The molecule has 1 aromatic heterocycles. The first-order valence-electron chi connectivity index (χ1n) is 10.4. The molecule has 0 aliphatic heterocycles. The molecule has 1 aromatic carbocycles. The minimum atomic E-state index is 0.0423. The smallest absolute Gasteiger partial charge is 0.261 e. The fourth-order valence-corrected chi connectivity index (χ4v) is 2.71. The Morgan fingerprint density at radius 1 is 1.11 bits per heavy atom. The summed E-state index contributed by atoms with van der Waals surface area (Å²) in [6, 6.07) is 6.15. The third kappa shape index (κ3) is 8.70. The van der Waals surface area contributed by atoms with E-state index in [0.717, 1.165) is 17.8 Å². The first-order valence-corrected chi connectivity index (χ1v) is 10.4. The Balaban J connectivity index is 0. The van der Waals surface area contributed by atoms with E-state index in [1.807, 2.05) is 40.7 Å². The molecule has 4 heteroatoms. The molecule has 27 heavy (non-hydrogen) atoms. The molecular formula is C23H42N2O2. The Bertz CT molecular complexity index is 678. The number of hydrogen-bond donors (Lipinski definition) is 0. The van der Waals surface area contributed by atoms with Crippen molar-refractivity contribution in [1.82, 2.24) is 9.55 Å². The lowest BCUT2D eigenvalue weighted by Crippen LogP contribution is -2.20. The van der Waals surface area contributed by atoms with Crippen molar-refractivity contribution in [2.24, 2.45) is 7.05 Å². The van der Waals surface area contributed by atoms with Crippen molar-refractivity contribution in [3.63, 3.8) is 0 Å². The minimum absolute atomic E-state index is 0.0423. The number of fused-ring (bicyclic) bond motifs is 1. The number of rotatable bonds is 5. The van der Waals surface area contributed by atoms with Gasteiger partial charge in [0.05, 0.1) is 10.9 Å². The SMILES string of the molecule is CC.CC.CCCCC(CC)c1ccc2c(=O)n(C)c(C)nc2c1.COC. The van der Waals surface area contributed by atoms with E-state index in [4.69, 9.17) is 0 Å². The van der Waals surface area contributed by atoms with Gasteiger partial charge in [0, 0.05) is 21.3 Å². The molecule has 0 saturated heterocycles. The van der Waals surface area contributed by atoms with E-state index < -0.39 is 0 Å². The number of hydrogen-bond acceptors (Lipinski definition) is 3. The van der Waals surface area contributed by atoms with E-state index in [1.54, 1.807) is 25.8 Å². The van der Waals surface area contributed by atoms with Crippen LogP contribution in [0.15, 0.2) is 23.0 Å². The van der Waals surface area contributed by atoms with E-state index in [2.05, 4.69) is 35.7 Å². The fourth-order valence-electron chi connectivity index (χ4n) is 2.71. The van der Waals surface area contributed by atoms with Crippen molar-refractivity contribution < 1.29 is 4.74 Å². The molecule has 0 saturated carbocycles. The van der Waals surface area contributed by atoms with Crippen molar-refractivity contribution in [2.75, 3.05) is 14.2 Å². The summed E-state index contributed by atoms with van der Waals surface area (Å²) >= 11 is 0. The Labute approximate surface area is 167 Å². The molecule has 0 amide bonds. The monoisotopic (exact) mass is 378 g/mol. The molecule has 1 heterocycles. The number of benzene rings is 1. The van der Waals surface area contributed by atoms with Crippen molar-refractivity contribution >= 4 is 10.9 Å². The zero-order chi connectivity index (χ0) is 21.4. The summed E-state index contributed by atoms with van der Waals surface area (Å²) in [5, 5.41) is 0.715. The van der Waals surface area contributed by atoms with Crippen LogP contribution in [-0.2, 0) is 11.8 Å². The van der Waals surface area contributed by atoms with Gasteiger partial charge in [0.2, 0.25) is 0 Å².